The Morgan fingerprint density at radius 1 is 0.352 bits per heavy atom. The predicted molar refractivity (Wildman–Crippen MR) is 233 cm³/mol. The summed E-state index contributed by atoms with van der Waals surface area (Å²) in [5.74, 6) is 0. The van der Waals surface area contributed by atoms with Gasteiger partial charge in [0.1, 0.15) is 0 Å². The molecule has 0 spiro atoms. The highest BCUT2D eigenvalue weighted by atomic mass is 15.2. The molecule has 0 fully saturated rings. The molecule has 0 aliphatic carbocycles. The first kappa shape index (κ1) is 31.8. The lowest BCUT2D eigenvalue weighted by Crippen LogP contribution is -2.58. The van der Waals surface area contributed by atoms with E-state index >= 15 is 0 Å². The molecule has 0 amide bonds. The molecule has 4 heterocycles. The smallest absolute Gasteiger partial charge is 0.248 e. The van der Waals surface area contributed by atoms with Crippen LogP contribution in [-0.4, -0.2) is 13.4 Å². The van der Waals surface area contributed by atoms with Gasteiger partial charge in [0.2, 0.25) is 13.4 Å². The maximum absolute atomic E-state index is 2.57. The third kappa shape index (κ3) is 4.31. The highest BCUT2D eigenvalue weighted by Crippen LogP contribution is 2.45. The van der Waals surface area contributed by atoms with Gasteiger partial charge in [-0.15, -0.1) is 0 Å². The van der Waals surface area contributed by atoms with E-state index < -0.39 is 0 Å². The molecule has 2 nitrogen and oxygen atoms in total. The second-order valence-electron chi connectivity index (χ2n) is 17.8. The second-order valence-corrected chi connectivity index (χ2v) is 17.8. The van der Waals surface area contributed by atoms with Crippen LogP contribution in [0, 0.1) is 0 Å². The molecule has 7 aromatic rings. The van der Waals surface area contributed by atoms with Crippen LogP contribution >= 0.6 is 0 Å². The molecule has 0 N–H and O–H groups in total. The molecule has 0 radical (unpaired) electrons. The molecular formula is C50H42B2N2. The largest absolute Gasteiger partial charge is 0.312 e. The maximum Gasteiger partial charge on any atom is 0.248 e. The van der Waals surface area contributed by atoms with Gasteiger partial charge in [0.05, 0.1) is 0 Å². The molecule has 4 aliphatic rings. The summed E-state index contributed by atoms with van der Waals surface area (Å²) in [7, 11) is 0. The number of rotatable bonds is 2. The molecule has 258 valence electrons. The van der Waals surface area contributed by atoms with E-state index in [1.165, 1.54) is 100 Å². The lowest BCUT2D eigenvalue weighted by Gasteiger charge is -2.41. The van der Waals surface area contributed by atoms with Crippen LogP contribution in [0.3, 0.4) is 0 Å². The Hall–Kier alpha value is -5.73. The Kier molecular flexibility index (Phi) is 6.42. The topological polar surface area (TPSA) is 6.48 Å². The molecule has 7 aromatic carbocycles. The Morgan fingerprint density at radius 2 is 0.759 bits per heavy atom. The summed E-state index contributed by atoms with van der Waals surface area (Å²) in [5, 5.41) is 0. The van der Waals surface area contributed by atoms with Crippen molar-refractivity contribution in [2.45, 2.75) is 52.4 Å². The molecule has 0 saturated carbocycles. The van der Waals surface area contributed by atoms with Gasteiger partial charge in [-0.05, 0) is 115 Å². The number of fused-ring (bicyclic) bond motifs is 10. The Balaban J connectivity index is 1.24. The fourth-order valence-electron chi connectivity index (χ4n) is 9.97. The minimum absolute atomic E-state index is 0.0613. The standard InChI is InChI=1S/C50H42B2N2/c1-49(2,3)31-23-25-39-37(27-31)35-19-13-21-43-47(35)51(39)41-29-46-42(30-45(41)53(43)33-15-9-7-10-16-33)52-40-26-24-32(50(4,5)6)28-38(40)36-20-14-22-44(48(36)52)54(46)34-17-11-8-12-18-34/h7-30H,1-6H3. The zero-order chi connectivity index (χ0) is 36.7. The molecule has 11 rings (SSSR count). The van der Waals surface area contributed by atoms with Crippen molar-refractivity contribution in [3.8, 4) is 22.3 Å². The van der Waals surface area contributed by atoms with Gasteiger partial charge in [0.15, 0.2) is 0 Å². The van der Waals surface area contributed by atoms with E-state index in [4.69, 9.17) is 0 Å². The molecule has 0 aromatic heterocycles. The maximum atomic E-state index is 2.57. The van der Waals surface area contributed by atoms with Gasteiger partial charge in [-0.25, -0.2) is 0 Å². The van der Waals surface area contributed by atoms with Crippen LogP contribution in [0.15, 0.2) is 146 Å². The first-order valence-corrected chi connectivity index (χ1v) is 19.5. The Bertz CT molecular complexity index is 2510. The van der Waals surface area contributed by atoms with Crippen molar-refractivity contribution in [2.24, 2.45) is 0 Å². The second kappa shape index (κ2) is 10.9. The molecular weight excluding hydrogens is 650 g/mol. The van der Waals surface area contributed by atoms with Gasteiger partial charge in [0.25, 0.3) is 0 Å². The highest BCUT2D eigenvalue weighted by molar-refractivity contribution is 7.03. The SMILES string of the molecule is CC(C)(C)c1ccc2c(c1)-c1cccc3c1B2c1cc2c(cc1N3c1ccccc1)B1c3ccc(C(C)(C)C)cc3-c3cccc(c31)N2c1ccccc1. The van der Waals surface area contributed by atoms with E-state index in [1.54, 1.807) is 0 Å². The summed E-state index contributed by atoms with van der Waals surface area (Å²) in [4.78, 5) is 5.10. The minimum Gasteiger partial charge on any atom is -0.312 e. The molecule has 4 heteroatoms. The quantitative estimate of drug-likeness (QED) is 0.167. The molecule has 54 heavy (non-hydrogen) atoms. The zero-order valence-corrected chi connectivity index (χ0v) is 31.9. The van der Waals surface area contributed by atoms with Crippen molar-refractivity contribution in [3.63, 3.8) is 0 Å². The lowest BCUT2D eigenvalue weighted by atomic mass is 9.34. The number of nitrogens with zero attached hydrogens (tertiary/aromatic N) is 2. The average Bonchev–Trinajstić information content (AvgIpc) is 3.69. The summed E-state index contributed by atoms with van der Waals surface area (Å²) >= 11 is 0. The van der Waals surface area contributed by atoms with Crippen molar-refractivity contribution < 1.29 is 0 Å². The summed E-state index contributed by atoms with van der Waals surface area (Å²) < 4.78 is 0. The van der Waals surface area contributed by atoms with Crippen LogP contribution < -0.4 is 42.6 Å². The summed E-state index contributed by atoms with van der Waals surface area (Å²) in [6, 6.07) is 55.7. The van der Waals surface area contributed by atoms with Crippen molar-refractivity contribution in [1.29, 1.82) is 0 Å². The van der Waals surface area contributed by atoms with Crippen LogP contribution in [0.4, 0.5) is 34.1 Å². The third-order valence-corrected chi connectivity index (χ3v) is 12.6. The van der Waals surface area contributed by atoms with Crippen molar-refractivity contribution in [3.05, 3.63) is 157 Å². The predicted octanol–water partition coefficient (Wildman–Crippen LogP) is 8.84. The van der Waals surface area contributed by atoms with Crippen molar-refractivity contribution >= 4 is 80.3 Å². The highest BCUT2D eigenvalue weighted by Gasteiger charge is 2.47. The zero-order valence-electron chi connectivity index (χ0n) is 31.9. The van der Waals surface area contributed by atoms with Crippen LogP contribution in [0.5, 0.6) is 0 Å². The number of anilines is 6. The van der Waals surface area contributed by atoms with Crippen molar-refractivity contribution in [1.82, 2.24) is 0 Å². The van der Waals surface area contributed by atoms with E-state index in [1.807, 2.05) is 0 Å². The van der Waals surface area contributed by atoms with Crippen LogP contribution in [0.1, 0.15) is 52.7 Å². The van der Waals surface area contributed by atoms with E-state index in [-0.39, 0.29) is 24.3 Å². The average molecular weight is 693 g/mol. The van der Waals surface area contributed by atoms with Gasteiger partial charge >= 0.3 is 0 Å². The summed E-state index contributed by atoms with van der Waals surface area (Å²) in [6.07, 6.45) is 0. The monoisotopic (exact) mass is 692 g/mol. The van der Waals surface area contributed by atoms with Gasteiger partial charge in [-0.1, -0.05) is 150 Å². The first-order chi connectivity index (χ1) is 26.1. The fourth-order valence-corrected chi connectivity index (χ4v) is 9.97. The van der Waals surface area contributed by atoms with Gasteiger partial charge < -0.3 is 9.80 Å². The van der Waals surface area contributed by atoms with Crippen LogP contribution in [0.25, 0.3) is 22.3 Å². The molecule has 4 aliphatic heterocycles. The molecule has 0 atom stereocenters. The minimum atomic E-state index is 0.0613. The lowest BCUT2D eigenvalue weighted by molar-refractivity contribution is 0.590. The molecule has 0 unspecified atom stereocenters. The van der Waals surface area contributed by atoms with E-state index in [9.17, 15) is 0 Å². The molecule has 0 bridgehead atoms. The van der Waals surface area contributed by atoms with E-state index in [0.717, 1.165) is 0 Å². The number of para-hydroxylation sites is 2. The summed E-state index contributed by atoms with van der Waals surface area (Å²) in [5.41, 5.74) is 24.2. The van der Waals surface area contributed by atoms with Gasteiger partial charge in [-0.3, -0.25) is 0 Å². The summed E-state index contributed by atoms with van der Waals surface area (Å²) in [6.45, 7) is 14.2. The van der Waals surface area contributed by atoms with E-state index in [0.29, 0.717) is 0 Å². The fraction of sp³-hybridized carbons (Fsp3) is 0.160. The Labute approximate surface area is 320 Å². The Morgan fingerprint density at radius 3 is 1.15 bits per heavy atom. The van der Waals surface area contributed by atoms with Crippen molar-refractivity contribution in [2.75, 3.05) is 9.80 Å². The molecule has 0 saturated heterocycles. The van der Waals surface area contributed by atoms with Gasteiger partial charge in [-0.2, -0.15) is 0 Å². The van der Waals surface area contributed by atoms with Gasteiger partial charge in [0, 0.05) is 34.1 Å². The number of hydrogen-bond donors (Lipinski definition) is 0. The van der Waals surface area contributed by atoms with E-state index in [2.05, 4.69) is 197 Å². The number of benzene rings is 7. The van der Waals surface area contributed by atoms with Crippen LogP contribution in [0.2, 0.25) is 0 Å². The first-order valence-electron chi connectivity index (χ1n) is 19.5. The normalized spacial score (nSPS) is 14.3. The van der Waals surface area contributed by atoms with Crippen LogP contribution in [-0.2, 0) is 10.8 Å². The number of hydrogen-bond acceptors (Lipinski definition) is 2. The third-order valence-electron chi connectivity index (χ3n) is 12.6.